The first-order valence-electron chi connectivity index (χ1n) is 5.56. The predicted molar refractivity (Wildman–Crippen MR) is 72.8 cm³/mol. The van der Waals surface area contributed by atoms with E-state index in [1.54, 1.807) is 11.3 Å². The Labute approximate surface area is 109 Å². The molecule has 0 saturated carbocycles. The van der Waals surface area contributed by atoms with E-state index in [1.165, 1.54) is 6.08 Å². The number of carbonyl (C=O) groups is 1. The van der Waals surface area contributed by atoms with Crippen LogP contribution < -0.4 is 0 Å². The smallest absolute Gasteiger partial charge is 0.336 e. The zero-order valence-electron chi connectivity index (χ0n) is 9.50. The highest BCUT2D eigenvalue weighted by Crippen LogP contribution is 2.31. The van der Waals surface area contributed by atoms with E-state index >= 15 is 0 Å². The zero-order chi connectivity index (χ0) is 12.4. The first kappa shape index (κ1) is 11.0. The summed E-state index contributed by atoms with van der Waals surface area (Å²) in [5.74, 6) is 0.305. The van der Waals surface area contributed by atoms with Crippen LogP contribution in [0.4, 0.5) is 0 Å². The summed E-state index contributed by atoms with van der Waals surface area (Å²) in [6.45, 7) is 0. The maximum absolute atomic E-state index is 11.4. The van der Waals surface area contributed by atoms with Gasteiger partial charge in [-0.05, 0) is 34.0 Å². The van der Waals surface area contributed by atoms with Gasteiger partial charge in [-0.3, -0.25) is 0 Å². The maximum Gasteiger partial charge on any atom is 0.336 e. The molecule has 0 N–H and O–H groups in total. The number of carbonyl (C=O) groups excluding carboxylic acids is 1. The van der Waals surface area contributed by atoms with Crippen molar-refractivity contribution in [3.8, 4) is 0 Å². The summed E-state index contributed by atoms with van der Waals surface area (Å²) in [6, 6.07) is 11.8. The van der Waals surface area contributed by atoms with Crippen molar-refractivity contribution in [2.75, 3.05) is 0 Å². The van der Waals surface area contributed by atoms with E-state index in [1.807, 2.05) is 53.2 Å². The standard InChI is InChI=1S/C15H10O2S/c16-15-9-13(12-4-2-1-3-5-12)14(17-15)8-11-6-7-18-10-11/h1-10H/b14-8+. The van der Waals surface area contributed by atoms with Crippen LogP contribution in [0.25, 0.3) is 11.6 Å². The summed E-state index contributed by atoms with van der Waals surface area (Å²) in [5, 5.41) is 4.01. The van der Waals surface area contributed by atoms with Crippen LogP contribution >= 0.6 is 11.3 Å². The average Bonchev–Trinajstić information content (AvgIpc) is 3.01. The Morgan fingerprint density at radius 1 is 1.11 bits per heavy atom. The van der Waals surface area contributed by atoms with Crippen LogP contribution in [0.15, 0.2) is 59.0 Å². The van der Waals surface area contributed by atoms with Gasteiger partial charge in [0, 0.05) is 11.6 Å². The summed E-state index contributed by atoms with van der Waals surface area (Å²) in [5.41, 5.74) is 2.88. The molecular weight excluding hydrogens is 244 g/mol. The number of esters is 1. The highest BCUT2D eigenvalue weighted by molar-refractivity contribution is 7.08. The molecule has 88 valence electrons. The number of benzene rings is 1. The van der Waals surface area contributed by atoms with Crippen LogP contribution in [0.1, 0.15) is 11.1 Å². The number of hydrogen-bond acceptors (Lipinski definition) is 3. The molecule has 0 radical (unpaired) electrons. The highest BCUT2D eigenvalue weighted by atomic mass is 32.1. The van der Waals surface area contributed by atoms with Crippen LogP contribution in [-0.2, 0) is 9.53 Å². The van der Waals surface area contributed by atoms with E-state index in [4.69, 9.17) is 4.74 Å². The molecule has 3 rings (SSSR count). The molecule has 0 unspecified atom stereocenters. The van der Waals surface area contributed by atoms with Crippen molar-refractivity contribution < 1.29 is 9.53 Å². The van der Waals surface area contributed by atoms with E-state index in [0.29, 0.717) is 5.76 Å². The SMILES string of the molecule is O=C1C=C(c2ccccc2)/C(=C\c2ccsc2)O1. The monoisotopic (exact) mass is 254 g/mol. The van der Waals surface area contributed by atoms with Gasteiger partial charge in [-0.1, -0.05) is 30.3 Å². The van der Waals surface area contributed by atoms with Gasteiger partial charge >= 0.3 is 5.97 Å². The fourth-order valence-corrected chi connectivity index (χ4v) is 2.46. The highest BCUT2D eigenvalue weighted by Gasteiger charge is 2.21. The van der Waals surface area contributed by atoms with Gasteiger partial charge in [0.25, 0.3) is 0 Å². The lowest BCUT2D eigenvalue weighted by Gasteiger charge is -2.03. The molecule has 0 saturated heterocycles. The molecule has 2 heterocycles. The van der Waals surface area contributed by atoms with Gasteiger partial charge in [-0.25, -0.2) is 4.79 Å². The Kier molecular flexibility index (Phi) is 2.82. The molecule has 2 nitrogen and oxygen atoms in total. The molecule has 0 fully saturated rings. The van der Waals surface area contributed by atoms with Crippen molar-refractivity contribution in [2.24, 2.45) is 0 Å². The summed E-state index contributed by atoms with van der Waals surface area (Å²) < 4.78 is 5.24. The van der Waals surface area contributed by atoms with Crippen LogP contribution in [0.5, 0.6) is 0 Å². The second kappa shape index (κ2) is 4.63. The largest absolute Gasteiger partial charge is 0.423 e. The third-order valence-corrected chi connectivity index (χ3v) is 3.37. The molecule has 3 heteroatoms. The summed E-state index contributed by atoms with van der Waals surface area (Å²) in [6.07, 6.45) is 3.42. The van der Waals surface area contributed by atoms with Gasteiger partial charge in [-0.15, -0.1) is 0 Å². The minimum absolute atomic E-state index is 0.310. The van der Waals surface area contributed by atoms with Gasteiger partial charge in [0.1, 0.15) is 5.76 Å². The van der Waals surface area contributed by atoms with E-state index in [2.05, 4.69) is 0 Å². The molecule has 0 aliphatic carbocycles. The molecule has 0 spiro atoms. The van der Waals surface area contributed by atoms with E-state index in [0.717, 1.165) is 16.7 Å². The summed E-state index contributed by atoms with van der Waals surface area (Å²) in [4.78, 5) is 11.4. The van der Waals surface area contributed by atoms with Gasteiger partial charge in [-0.2, -0.15) is 11.3 Å². The van der Waals surface area contributed by atoms with Crippen LogP contribution in [0.2, 0.25) is 0 Å². The fraction of sp³-hybridized carbons (Fsp3) is 0. The van der Waals surface area contributed by atoms with E-state index in [9.17, 15) is 4.79 Å². The predicted octanol–water partition coefficient (Wildman–Crippen LogP) is 3.73. The van der Waals surface area contributed by atoms with Crippen molar-refractivity contribution in [3.63, 3.8) is 0 Å². The summed E-state index contributed by atoms with van der Waals surface area (Å²) in [7, 11) is 0. The zero-order valence-corrected chi connectivity index (χ0v) is 10.3. The Morgan fingerprint density at radius 2 is 1.94 bits per heavy atom. The second-order valence-electron chi connectivity index (χ2n) is 3.91. The van der Waals surface area contributed by atoms with Gasteiger partial charge in [0.15, 0.2) is 0 Å². The lowest BCUT2D eigenvalue weighted by atomic mass is 10.0. The third-order valence-electron chi connectivity index (χ3n) is 2.66. The lowest BCUT2D eigenvalue weighted by molar-refractivity contribution is -0.132. The molecule has 18 heavy (non-hydrogen) atoms. The van der Waals surface area contributed by atoms with Gasteiger partial charge in [0.2, 0.25) is 0 Å². The number of cyclic esters (lactones) is 1. The number of hydrogen-bond donors (Lipinski definition) is 0. The van der Waals surface area contributed by atoms with E-state index in [-0.39, 0.29) is 5.97 Å². The molecule has 1 aliphatic rings. The van der Waals surface area contributed by atoms with Crippen molar-refractivity contribution in [3.05, 3.63) is 70.1 Å². The fourth-order valence-electron chi connectivity index (χ4n) is 1.84. The van der Waals surface area contributed by atoms with E-state index < -0.39 is 0 Å². The maximum atomic E-state index is 11.4. The average molecular weight is 254 g/mol. The van der Waals surface area contributed by atoms with Crippen molar-refractivity contribution in [1.82, 2.24) is 0 Å². The lowest BCUT2D eigenvalue weighted by Crippen LogP contribution is -1.91. The topological polar surface area (TPSA) is 26.3 Å². The Balaban J connectivity index is 2.02. The number of thiophene rings is 1. The van der Waals surface area contributed by atoms with Crippen LogP contribution in [0, 0.1) is 0 Å². The Hall–Kier alpha value is -2.13. The van der Waals surface area contributed by atoms with Crippen molar-refractivity contribution in [2.45, 2.75) is 0 Å². The number of ether oxygens (including phenoxy) is 1. The first-order valence-corrected chi connectivity index (χ1v) is 6.50. The van der Waals surface area contributed by atoms with Crippen LogP contribution in [0.3, 0.4) is 0 Å². The Morgan fingerprint density at radius 3 is 2.67 bits per heavy atom. The number of rotatable bonds is 2. The number of allylic oxidation sites excluding steroid dienone is 1. The minimum atomic E-state index is -0.310. The van der Waals surface area contributed by atoms with Crippen molar-refractivity contribution in [1.29, 1.82) is 0 Å². The molecular formula is C15H10O2S. The minimum Gasteiger partial charge on any atom is -0.423 e. The second-order valence-corrected chi connectivity index (χ2v) is 4.69. The third kappa shape index (κ3) is 2.13. The van der Waals surface area contributed by atoms with Gasteiger partial charge in [0.05, 0.1) is 0 Å². The molecule has 1 aromatic heterocycles. The Bertz CT molecular complexity index is 622. The first-order chi connectivity index (χ1) is 8.83. The molecule has 0 amide bonds. The van der Waals surface area contributed by atoms with Crippen molar-refractivity contribution >= 4 is 29.0 Å². The molecule has 0 bridgehead atoms. The normalized spacial score (nSPS) is 16.8. The van der Waals surface area contributed by atoms with Gasteiger partial charge < -0.3 is 4.74 Å². The quantitative estimate of drug-likeness (QED) is 0.763. The molecule has 1 aliphatic heterocycles. The molecule has 0 atom stereocenters. The summed E-state index contributed by atoms with van der Waals surface area (Å²) >= 11 is 1.62. The molecule has 2 aromatic rings. The molecule has 1 aromatic carbocycles. The van der Waals surface area contributed by atoms with Crippen LogP contribution in [-0.4, -0.2) is 5.97 Å².